The predicted molar refractivity (Wildman–Crippen MR) is 130 cm³/mol. The summed E-state index contributed by atoms with van der Waals surface area (Å²) >= 11 is 6.63. The fourth-order valence-electron chi connectivity index (χ4n) is 6.13. The van der Waals surface area contributed by atoms with Gasteiger partial charge in [0.1, 0.15) is 0 Å². The van der Waals surface area contributed by atoms with Crippen LogP contribution in [0.5, 0.6) is 0 Å². The smallest absolute Gasteiger partial charge is 0.0720 e. The maximum Gasteiger partial charge on any atom is 0.0720 e. The van der Waals surface area contributed by atoms with E-state index in [4.69, 9.17) is 11.6 Å². The van der Waals surface area contributed by atoms with Crippen molar-refractivity contribution in [2.45, 2.75) is 38.5 Å². The number of fused-ring (bicyclic) bond motifs is 9. The molecule has 0 heterocycles. The van der Waals surface area contributed by atoms with Crippen molar-refractivity contribution >= 4 is 11.6 Å². The molecule has 0 atom stereocenters. The van der Waals surface area contributed by atoms with Crippen LogP contribution in [0.4, 0.5) is 0 Å². The zero-order chi connectivity index (χ0) is 21.5. The summed E-state index contributed by atoms with van der Waals surface area (Å²) in [4.78, 5) is 0. The molecular formula is C30H25Cl. The Labute approximate surface area is 189 Å². The zero-order valence-electron chi connectivity index (χ0n) is 18.4. The van der Waals surface area contributed by atoms with Crippen LogP contribution in [0.1, 0.15) is 58.4 Å². The van der Waals surface area contributed by atoms with Crippen LogP contribution in [0, 0.1) is 13.8 Å². The summed E-state index contributed by atoms with van der Waals surface area (Å²) in [6, 6.07) is 29.4. The summed E-state index contributed by atoms with van der Waals surface area (Å²) in [5, 5.41) is 0.790. The molecule has 6 rings (SSSR count). The SMILES string of the molecule is Cc1ccc2c(c1)C(C)(C)c1cc(C)ccc1C21c2ccccc2-c2ccc(Cl)cc21. The van der Waals surface area contributed by atoms with Crippen LogP contribution in [0.25, 0.3) is 11.1 Å². The molecule has 2 aliphatic carbocycles. The largest absolute Gasteiger partial charge is 0.0843 e. The van der Waals surface area contributed by atoms with Crippen LogP contribution in [0.2, 0.25) is 5.02 Å². The molecule has 152 valence electrons. The van der Waals surface area contributed by atoms with E-state index in [1.54, 1.807) is 0 Å². The van der Waals surface area contributed by atoms with Gasteiger partial charge in [-0.1, -0.05) is 103 Å². The highest BCUT2D eigenvalue weighted by Gasteiger charge is 2.53. The van der Waals surface area contributed by atoms with E-state index in [9.17, 15) is 0 Å². The summed E-state index contributed by atoms with van der Waals surface area (Å²) in [6.07, 6.45) is 0. The van der Waals surface area contributed by atoms with E-state index in [0.29, 0.717) is 0 Å². The molecule has 4 aromatic carbocycles. The highest BCUT2D eigenvalue weighted by molar-refractivity contribution is 6.30. The molecule has 0 N–H and O–H groups in total. The third-order valence-electron chi connectivity index (χ3n) is 7.51. The van der Waals surface area contributed by atoms with E-state index < -0.39 is 0 Å². The van der Waals surface area contributed by atoms with Gasteiger partial charge in [-0.15, -0.1) is 0 Å². The topological polar surface area (TPSA) is 0 Å². The quantitative estimate of drug-likeness (QED) is 0.238. The first-order valence-corrected chi connectivity index (χ1v) is 11.4. The second kappa shape index (κ2) is 6.11. The Balaban J connectivity index is 1.88. The standard InChI is InChI=1S/C30H25Cl/c1-18-9-13-24-27(15-18)29(3,4)28-16-19(2)10-14-25(28)30(24)23-8-6-5-7-21(23)22-12-11-20(31)17-26(22)30/h5-17H,1-4H3. The Bertz CT molecular complexity index is 1330. The van der Waals surface area contributed by atoms with Crippen molar-refractivity contribution in [1.82, 2.24) is 0 Å². The van der Waals surface area contributed by atoms with Crippen LogP contribution in [0.3, 0.4) is 0 Å². The Hall–Kier alpha value is -2.83. The average molecular weight is 421 g/mol. The number of hydrogen-bond acceptors (Lipinski definition) is 0. The fourth-order valence-corrected chi connectivity index (χ4v) is 6.30. The van der Waals surface area contributed by atoms with Crippen molar-refractivity contribution in [1.29, 1.82) is 0 Å². The first-order valence-electron chi connectivity index (χ1n) is 11.0. The zero-order valence-corrected chi connectivity index (χ0v) is 19.1. The molecule has 0 fully saturated rings. The van der Waals surface area contributed by atoms with Gasteiger partial charge in [0, 0.05) is 10.4 Å². The minimum absolute atomic E-state index is 0.0791. The Morgan fingerprint density at radius 3 is 1.77 bits per heavy atom. The lowest BCUT2D eigenvalue weighted by atomic mass is 9.55. The van der Waals surface area contributed by atoms with E-state index in [2.05, 4.69) is 100 Å². The van der Waals surface area contributed by atoms with Crippen molar-refractivity contribution in [2.24, 2.45) is 0 Å². The van der Waals surface area contributed by atoms with E-state index in [-0.39, 0.29) is 10.8 Å². The number of benzene rings is 4. The summed E-state index contributed by atoms with van der Waals surface area (Å²) in [7, 11) is 0. The molecular weight excluding hydrogens is 396 g/mol. The molecule has 0 amide bonds. The van der Waals surface area contributed by atoms with Gasteiger partial charge < -0.3 is 0 Å². The highest BCUT2D eigenvalue weighted by Crippen LogP contribution is 2.62. The van der Waals surface area contributed by atoms with Gasteiger partial charge >= 0.3 is 0 Å². The van der Waals surface area contributed by atoms with E-state index in [1.807, 2.05) is 6.07 Å². The van der Waals surface area contributed by atoms with E-state index in [0.717, 1.165) is 5.02 Å². The lowest BCUT2D eigenvalue weighted by Crippen LogP contribution is -2.40. The summed E-state index contributed by atoms with van der Waals surface area (Å²) in [5.74, 6) is 0. The van der Waals surface area contributed by atoms with Crippen molar-refractivity contribution in [3.8, 4) is 11.1 Å². The fraction of sp³-hybridized carbons (Fsp3) is 0.200. The molecule has 0 nitrogen and oxygen atoms in total. The molecule has 31 heavy (non-hydrogen) atoms. The Morgan fingerprint density at radius 2 is 1.13 bits per heavy atom. The number of hydrogen-bond donors (Lipinski definition) is 0. The molecule has 0 saturated carbocycles. The molecule has 0 aliphatic heterocycles. The summed E-state index contributed by atoms with van der Waals surface area (Å²) in [6.45, 7) is 9.14. The molecule has 0 radical (unpaired) electrons. The lowest BCUT2D eigenvalue weighted by Gasteiger charge is -2.47. The Kier molecular flexibility index (Phi) is 3.73. The summed E-state index contributed by atoms with van der Waals surface area (Å²) in [5.41, 5.74) is 13.0. The monoisotopic (exact) mass is 420 g/mol. The van der Waals surface area contributed by atoms with Gasteiger partial charge in [-0.3, -0.25) is 0 Å². The molecule has 0 unspecified atom stereocenters. The van der Waals surface area contributed by atoms with Crippen LogP contribution in [0.15, 0.2) is 78.9 Å². The van der Waals surface area contributed by atoms with Gasteiger partial charge in [0.15, 0.2) is 0 Å². The average Bonchev–Trinajstić information content (AvgIpc) is 3.03. The molecule has 2 aliphatic rings. The predicted octanol–water partition coefficient (Wildman–Crippen LogP) is 7.96. The van der Waals surface area contributed by atoms with E-state index >= 15 is 0 Å². The van der Waals surface area contributed by atoms with Crippen LogP contribution in [-0.4, -0.2) is 0 Å². The Morgan fingerprint density at radius 1 is 0.548 bits per heavy atom. The maximum absolute atomic E-state index is 6.63. The molecule has 4 aromatic rings. The van der Waals surface area contributed by atoms with Crippen molar-refractivity contribution in [3.05, 3.63) is 128 Å². The molecule has 1 heteroatoms. The number of halogens is 1. The van der Waals surface area contributed by atoms with Crippen LogP contribution >= 0.6 is 11.6 Å². The first kappa shape index (κ1) is 18.9. The molecule has 1 spiro atoms. The summed E-state index contributed by atoms with van der Waals surface area (Å²) < 4.78 is 0. The molecule has 0 saturated heterocycles. The van der Waals surface area contributed by atoms with Crippen LogP contribution < -0.4 is 0 Å². The molecule has 0 bridgehead atoms. The molecule has 0 aromatic heterocycles. The normalized spacial score (nSPS) is 16.4. The lowest BCUT2D eigenvalue weighted by molar-refractivity contribution is 0.562. The van der Waals surface area contributed by atoms with Gasteiger partial charge in [-0.05, 0) is 70.5 Å². The second-order valence-electron chi connectivity index (χ2n) is 9.71. The van der Waals surface area contributed by atoms with Crippen LogP contribution in [-0.2, 0) is 10.8 Å². The number of aryl methyl sites for hydroxylation is 2. The second-order valence-corrected chi connectivity index (χ2v) is 10.1. The van der Waals surface area contributed by atoms with Gasteiger partial charge in [0.25, 0.3) is 0 Å². The third kappa shape index (κ3) is 2.27. The highest BCUT2D eigenvalue weighted by atomic mass is 35.5. The van der Waals surface area contributed by atoms with Gasteiger partial charge in [-0.25, -0.2) is 0 Å². The van der Waals surface area contributed by atoms with Gasteiger partial charge in [0.05, 0.1) is 5.41 Å². The van der Waals surface area contributed by atoms with Crippen molar-refractivity contribution in [3.63, 3.8) is 0 Å². The number of rotatable bonds is 0. The minimum atomic E-state index is -0.349. The van der Waals surface area contributed by atoms with Gasteiger partial charge in [0.2, 0.25) is 0 Å². The van der Waals surface area contributed by atoms with Crippen molar-refractivity contribution in [2.75, 3.05) is 0 Å². The van der Waals surface area contributed by atoms with Crippen molar-refractivity contribution < 1.29 is 0 Å². The third-order valence-corrected chi connectivity index (χ3v) is 7.75. The van der Waals surface area contributed by atoms with E-state index in [1.165, 1.54) is 55.6 Å². The first-order chi connectivity index (χ1) is 14.8. The van der Waals surface area contributed by atoms with Gasteiger partial charge in [-0.2, -0.15) is 0 Å². The minimum Gasteiger partial charge on any atom is -0.0843 e. The maximum atomic E-state index is 6.63.